The first kappa shape index (κ1) is 16.2. The van der Waals surface area contributed by atoms with Crippen molar-refractivity contribution in [2.45, 2.75) is 32.7 Å². The lowest BCUT2D eigenvalue weighted by Crippen LogP contribution is -2.24. The van der Waals surface area contributed by atoms with Gasteiger partial charge >= 0.3 is 0 Å². The van der Waals surface area contributed by atoms with Crippen LogP contribution in [-0.4, -0.2) is 6.54 Å². The number of rotatable bonds is 6. The predicted octanol–water partition coefficient (Wildman–Crippen LogP) is 5.18. The van der Waals surface area contributed by atoms with Gasteiger partial charge in [0.15, 0.2) is 0 Å². The van der Waals surface area contributed by atoms with E-state index in [0.29, 0.717) is 0 Å². The van der Waals surface area contributed by atoms with Crippen molar-refractivity contribution in [1.82, 2.24) is 5.32 Å². The SMILES string of the molecule is CCCNC(Cc1ccccc1C)c1cc(F)cc(Br)c1. The second kappa shape index (κ2) is 7.71. The number of aryl methyl sites for hydroxylation is 1. The van der Waals surface area contributed by atoms with Gasteiger partial charge in [-0.25, -0.2) is 4.39 Å². The molecule has 1 unspecified atom stereocenters. The standard InChI is InChI=1S/C18H21BrFN/c1-3-8-21-18(11-14-7-5-4-6-13(14)2)15-9-16(19)12-17(20)10-15/h4-7,9-10,12,18,21H,3,8,11H2,1-2H3. The molecule has 2 aromatic rings. The molecule has 2 aromatic carbocycles. The number of benzene rings is 2. The van der Waals surface area contributed by atoms with E-state index in [9.17, 15) is 4.39 Å². The van der Waals surface area contributed by atoms with Crippen LogP contribution in [0.2, 0.25) is 0 Å². The molecule has 0 heterocycles. The fourth-order valence-electron chi connectivity index (χ4n) is 2.46. The first-order chi connectivity index (χ1) is 10.1. The monoisotopic (exact) mass is 349 g/mol. The first-order valence-electron chi connectivity index (χ1n) is 7.34. The summed E-state index contributed by atoms with van der Waals surface area (Å²) in [7, 11) is 0. The van der Waals surface area contributed by atoms with E-state index in [4.69, 9.17) is 0 Å². The van der Waals surface area contributed by atoms with E-state index >= 15 is 0 Å². The zero-order valence-electron chi connectivity index (χ0n) is 12.5. The summed E-state index contributed by atoms with van der Waals surface area (Å²) in [6.45, 7) is 5.18. The maximum absolute atomic E-state index is 13.7. The van der Waals surface area contributed by atoms with Gasteiger partial charge in [0, 0.05) is 10.5 Å². The molecule has 0 saturated carbocycles. The van der Waals surface area contributed by atoms with Crippen LogP contribution in [0.15, 0.2) is 46.9 Å². The van der Waals surface area contributed by atoms with Crippen molar-refractivity contribution in [2.24, 2.45) is 0 Å². The molecular formula is C18H21BrFN. The molecule has 1 nitrogen and oxygen atoms in total. The highest BCUT2D eigenvalue weighted by atomic mass is 79.9. The molecule has 0 aromatic heterocycles. The molecule has 0 aliphatic carbocycles. The summed E-state index contributed by atoms with van der Waals surface area (Å²) >= 11 is 3.38. The summed E-state index contributed by atoms with van der Waals surface area (Å²) in [6, 6.07) is 13.6. The normalized spacial score (nSPS) is 12.4. The van der Waals surface area contributed by atoms with Crippen molar-refractivity contribution in [3.05, 3.63) is 69.4 Å². The molecule has 0 bridgehead atoms. The average molecular weight is 350 g/mol. The number of hydrogen-bond donors (Lipinski definition) is 1. The summed E-state index contributed by atoms with van der Waals surface area (Å²) in [5.74, 6) is -0.201. The Kier molecular flexibility index (Phi) is 5.95. The van der Waals surface area contributed by atoms with Crippen LogP contribution in [0, 0.1) is 12.7 Å². The van der Waals surface area contributed by atoms with Crippen molar-refractivity contribution < 1.29 is 4.39 Å². The molecule has 0 amide bonds. The molecule has 0 fully saturated rings. The van der Waals surface area contributed by atoms with Gasteiger partial charge in [-0.1, -0.05) is 47.1 Å². The van der Waals surface area contributed by atoms with E-state index in [-0.39, 0.29) is 11.9 Å². The zero-order valence-corrected chi connectivity index (χ0v) is 14.1. The summed E-state index contributed by atoms with van der Waals surface area (Å²) < 4.78 is 14.5. The van der Waals surface area contributed by atoms with Gasteiger partial charge in [0.1, 0.15) is 5.82 Å². The van der Waals surface area contributed by atoms with E-state index in [1.807, 2.05) is 12.1 Å². The van der Waals surface area contributed by atoms with Crippen LogP contribution in [0.4, 0.5) is 4.39 Å². The lowest BCUT2D eigenvalue weighted by atomic mass is 9.96. The Morgan fingerprint density at radius 2 is 1.95 bits per heavy atom. The number of halogens is 2. The smallest absolute Gasteiger partial charge is 0.124 e. The van der Waals surface area contributed by atoms with E-state index < -0.39 is 0 Å². The number of nitrogens with one attached hydrogen (secondary N) is 1. The van der Waals surface area contributed by atoms with Crippen LogP contribution in [0.1, 0.15) is 36.1 Å². The average Bonchev–Trinajstić information content (AvgIpc) is 2.44. The maximum atomic E-state index is 13.7. The highest BCUT2D eigenvalue weighted by Crippen LogP contribution is 2.24. The van der Waals surface area contributed by atoms with Gasteiger partial charge in [-0.05, 0) is 61.2 Å². The summed E-state index contributed by atoms with van der Waals surface area (Å²) in [5.41, 5.74) is 3.56. The first-order valence-corrected chi connectivity index (χ1v) is 8.13. The summed E-state index contributed by atoms with van der Waals surface area (Å²) in [5, 5.41) is 3.53. The molecule has 2 rings (SSSR count). The quantitative estimate of drug-likeness (QED) is 0.757. The van der Waals surface area contributed by atoms with Gasteiger partial charge in [0.05, 0.1) is 0 Å². The highest BCUT2D eigenvalue weighted by molar-refractivity contribution is 9.10. The zero-order chi connectivity index (χ0) is 15.2. The molecule has 0 radical (unpaired) electrons. The van der Waals surface area contributed by atoms with Crippen LogP contribution < -0.4 is 5.32 Å². The highest BCUT2D eigenvalue weighted by Gasteiger charge is 2.14. The Bertz CT molecular complexity index is 577. The van der Waals surface area contributed by atoms with Gasteiger partial charge in [-0.2, -0.15) is 0 Å². The Hall–Kier alpha value is -1.19. The minimum atomic E-state index is -0.201. The molecule has 1 atom stereocenters. The third kappa shape index (κ3) is 4.65. The van der Waals surface area contributed by atoms with Crippen molar-refractivity contribution in [1.29, 1.82) is 0 Å². The van der Waals surface area contributed by atoms with E-state index in [2.05, 4.69) is 53.3 Å². The van der Waals surface area contributed by atoms with Crippen molar-refractivity contribution in [3.8, 4) is 0 Å². The third-order valence-electron chi connectivity index (χ3n) is 3.61. The summed E-state index contributed by atoms with van der Waals surface area (Å²) in [6.07, 6.45) is 1.92. The second-order valence-electron chi connectivity index (χ2n) is 5.34. The molecule has 0 aliphatic rings. The third-order valence-corrected chi connectivity index (χ3v) is 4.07. The van der Waals surface area contributed by atoms with Gasteiger partial charge < -0.3 is 5.32 Å². The van der Waals surface area contributed by atoms with Gasteiger partial charge in [0.2, 0.25) is 0 Å². The number of hydrogen-bond acceptors (Lipinski definition) is 1. The van der Waals surface area contributed by atoms with E-state index in [1.165, 1.54) is 17.2 Å². The lowest BCUT2D eigenvalue weighted by Gasteiger charge is -2.20. The largest absolute Gasteiger partial charge is 0.310 e. The molecule has 3 heteroatoms. The van der Waals surface area contributed by atoms with Crippen LogP contribution in [-0.2, 0) is 6.42 Å². The van der Waals surface area contributed by atoms with Crippen molar-refractivity contribution >= 4 is 15.9 Å². The molecule has 0 aliphatic heterocycles. The van der Waals surface area contributed by atoms with Gasteiger partial charge in [-0.3, -0.25) is 0 Å². The summed E-state index contributed by atoms with van der Waals surface area (Å²) in [4.78, 5) is 0. The van der Waals surface area contributed by atoms with Crippen LogP contribution in [0.5, 0.6) is 0 Å². The van der Waals surface area contributed by atoms with Crippen LogP contribution >= 0.6 is 15.9 Å². The lowest BCUT2D eigenvalue weighted by molar-refractivity contribution is 0.523. The Morgan fingerprint density at radius 3 is 2.62 bits per heavy atom. The van der Waals surface area contributed by atoms with Crippen LogP contribution in [0.25, 0.3) is 0 Å². The minimum Gasteiger partial charge on any atom is -0.310 e. The Labute approximate surface area is 134 Å². The molecule has 112 valence electrons. The molecule has 21 heavy (non-hydrogen) atoms. The molecule has 0 saturated heterocycles. The fraction of sp³-hybridized carbons (Fsp3) is 0.333. The van der Waals surface area contributed by atoms with Crippen molar-refractivity contribution in [3.63, 3.8) is 0 Å². The fourth-order valence-corrected chi connectivity index (χ4v) is 2.94. The maximum Gasteiger partial charge on any atom is 0.124 e. The Morgan fingerprint density at radius 1 is 1.19 bits per heavy atom. The topological polar surface area (TPSA) is 12.0 Å². The predicted molar refractivity (Wildman–Crippen MR) is 90.0 cm³/mol. The van der Waals surface area contributed by atoms with E-state index in [0.717, 1.165) is 29.4 Å². The van der Waals surface area contributed by atoms with Gasteiger partial charge in [0.25, 0.3) is 0 Å². The molecular weight excluding hydrogens is 329 g/mol. The van der Waals surface area contributed by atoms with Crippen LogP contribution in [0.3, 0.4) is 0 Å². The molecule has 1 N–H and O–H groups in total. The second-order valence-corrected chi connectivity index (χ2v) is 6.26. The Balaban J connectivity index is 2.27. The minimum absolute atomic E-state index is 0.123. The van der Waals surface area contributed by atoms with Gasteiger partial charge in [-0.15, -0.1) is 0 Å². The van der Waals surface area contributed by atoms with E-state index in [1.54, 1.807) is 6.07 Å². The molecule has 0 spiro atoms. The van der Waals surface area contributed by atoms with Crippen molar-refractivity contribution in [2.75, 3.05) is 6.54 Å².